The topological polar surface area (TPSA) is 146 Å². The van der Waals surface area contributed by atoms with E-state index >= 15 is 0 Å². The van der Waals surface area contributed by atoms with Crippen LogP contribution in [0.5, 0.6) is 11.5 Å². The molecule has 0 radical (unpaired) electrons. The predicted octanol–water partition coefficient (Wildman–Crippen LogP) is 5.98. The fraction of sp³-hybridized carbons (Fsp3) is 0.206. The third-order valence-electron chi connectivity index (χ3n) is 7.01. The number of amidine groups is 1. The molecule has 0 aliphatic rings. The Bertz CT molecular complexity index is 1760. The average Bonchev–Trinajstić information content (AvgIpc) is 3.04. The fourth-order valence-corrected chi connectivity index (χ4v) is 5.65. The number of primary sulfonamides is 1. The number of ether oxygens (including phenoxy) is 2. The molecule has 0 spiro atoms. The summed E-state index contributed by atoms with van der Waals surface area (Å²) in [5.41, 5.74) is 10.2. The zero-order valence-corrected chi connectivity index (χ0v) is 26.6. The second-order valence-corrected chi connectivity index (χ2v) is 12.2. The number of nitrogens with zero attached hydrogens (tertiary/aromatic N) is 1. The van der Waals surface area contributed by atoms with Crippen molar-refractivity contribution in [1.82, 2.24) is 5.32 Å². The number of hydrogen-bond donors (Lipinski definition) is 3. The molecule has 0 fully saturated rings. The van der Waals surface area contributed by atoms with Gasteiger partial charge < -0.3 is 20.5 Å². The normalized spacial score (nSPS) is 11.6. The number of carbonyl (C=O) groups is 1. The molecule has 4 aromatic carbocycles. The number of hydrogen-bond acceptors (Lipinski definition) is 6. The first kappa shape index (κ1) is 33.3. The van der Waals surface area contributed by atoms with Crippen molar-refractivity contribution in [2.45, 2.75) is 37.0 Å². The van der Waals surface area contributed by atoms with Gasteiger partial charge in [-0.15, -0.1) is 0 Å². The van der Waals surface area contributed by atoms with E-state index in [1.165, 1.54) is 11.6 Å². The zero-order valence-electron chi connectivity index (χ0n) is 24.9. The summed E-state index contributed by atoms with van der Waals surface area (Å²) in [7, 11) is -2.26. The first-order chi connectivity index (χ1) is 21.6. The lowest BCUT2D eigenvalue weighted by Crippen LogP contribution is -2.27. The molecule has 4 rings (SSSR count). The summed E-state index contributed by atoms with van der Waals surface area (Å²) in [5.74, 6) is 1.47. The fourth-order valence-electron chi connectivity index (χ4n) is 4.66. The van der Waals surface area contributed by atoms with Crippen LogP contribution in [0.25, 0.3) is 11.1 Å². The molecule has 0 aliphatic carbocycles. The molecule has 0 unspecified atom stereocenters. The second kappa shape index (κ2) is 15.9. The molecule has 0 atom stereocenters. The van der Waals surface area contributed by atoms with Crippen molar-refractivity contribution in [3.05, 3.63) is 114 Å². The summed E-state index contributed by atoms with van der Waals surface area (Å²) < 4.78 is 34.3. The number of sulfonamides is 1. The third-order valence-corrected chi connectivity index (χ3v) is 8.31. The Morgan fingerprint density at radius 1 is 0.844 bits per heavy atom. The van der Waals surface area contributed by atoms with Crippen LogP contribution in [0.1, 0.15) is 42.4 Å². The minimum absolute atomic E-state index is 0.0332. The Hall–Kier alpha value is -4.58. The lowest BCUT2D eigenvalue weighted by atomic mass is 10.0. The van der Waals surface area contributed by atoms with Gasteiger partial charge in [-0.3, -0.25) is 0 Å². The number of nitrogens with two attached hydrogens (primary N) is 2. The third kappa shape index (κ3) is 9.97. The smallest absolute Gasteiger partial charge is 0.412 e. The maximum Gasteiger partial charge on any atom is 0.412 e. The van der Waals surface area contributed by atoms with E-state index in [0.29, 0.717) is 34.2 Å². The van der Waals surface area contributed by atoms with Gasteiger partial charge >= 0.3 is 6.09 Å². The SMILES string of the molecule is COc1ccc(C(=S)N=C(N)c2cccc(CCCCCCNC(=O)Oc3ccc(-c4ccccc4S(N)(=O)=O)cc3)c2)cc1. The molecule has 0 heterocycles. The van der Waals surface area contributed by atoms with Crippen LogP contribution in [-0.2, 0) is 16.4 Å². The lowest BCUT2D eigenvalue weighted by molar-refractivity contribution is 0.200. The number of benzene rings is 4. The van der Waals surface area contributed by atoms with Gasteiger partial charge in [-0.05, 0) is 78.9 Å². The van der Waals surface area contributed by atoms with Crippen molar-refractivity contribution >= 4 is 39.2 Å². The van der Waals surface area contributed by atoms with Gasteiger partial charge in [0.2, 0.25) is 10.0 Å². The van der Waals surface area contributed by atoms with Crippen molar-refractivity contribution in [1.29, 1.82) is 0 Å². The number of nitrogens with one attached hydrogen (secondary N) is 1. The summed E-state index contributed by atoms with van der Waals surface area (Å²) in [5, 5.41) is 8.10. The summed E-state index contributed by atoms with van der Waals surface area (Å²) in [6, 6.07) is 28.4. The van der Waals surface area contributed by atoms with E-state index in [1.807, 2.05) is 42.5 Å². The molecule has 11 heteroatoms. The van der Waals surface area contributed by atoms with E-state index in [2.05, 4.69) is 16.4 Å². The monoisotopic (exact) mass is 644 g/mol. The molecule has 234 valence electrons. The highest BCUT2D eigenvalue weighted by atomic mass is 32.2. The number of amides is 1. The molecule has 9 nitrogen and oxygen atoms in total. The highest BCUT2D eigenvalue weighted by Crippen LogP contribution is 2.28. The van der Waals surface area contributed by atoms with E-state index in [4.69, 9.17) is 32.6 Å². The second-order valence-electron chi connectivity index (χ2n) is 10.3. The van der Waals surface area contributed by atoms with Gasteiger partial charge in [-0.2, -0.15) is 0 Å². The van der Waals surface area contributed by atoms with Crippen LogP contribution in [0.15, 0.2) is 107 Å². The molecule has 0 saturated heterocycles. The van der Waals surface area contributed by atoms with E-state index in [1.54, 1.807) is 49.6 Å². The van der Waals surface area contributed by atoms with E-state index < -0.39 is 16.1 Å². The van der Waals surface area contributed by atoms with Gasteiger partial charge in [0.1, 0.15) is 22.3 Å². The average molecular weight is 645 g/mol. The molecule has 0 bridgehead atoms. The quantitative estimate of drug-likeness (QED) is 0.0702. The zero-order chi connectivity index (χ0) is 32.2. The van der Waals surface area contributed by atoms with Gasteiger partial charge in [-0.25, -0.2) is 23.3 Å². The number of carbonyl (C=O) groups excluding carboxylic acids is 1. The van der Waals surface area contributed by atoms with Crippen molar-refractivity contribution in [3.63, 3.8) is 0 Å². The molecule has 0 aromatic heterocycles. The largest absolute Gasteiger partial charge is 0.497 e. The Morgan fingerprint density at radius 2 is 1.53 bits per heavy atom. The Morgan fingerprint density at radius 3 is 2.24 bits per heavy atom. The van der Waals surface area contributed by atoms with Crippen LogP contribution in [0.3, 0.4) is 0 Å². The molecule has 0 saturated carbocycles. The van der Waals surface area contributed by atoms with Crippen LogP contribution in [-0.4, -0.2) is 39.0 Å². The molecule has 45 heavy (non-hydrogen) atoms. The number of aliphatic imine (C=N–C) groups is 1. The maximum absolute atomic E-state index is 12.2. The summed E-state index contributed by atoms with van der Waals surface area (Å²) >= 11 is 5.45. The van der Waals surface area contributed by atoms with Crippen molar-refractivity contribution in [2.75, 3.05) is 13.7 Å². The van der Waals surface area contributed by atoms with E-state index in [-0.39, 0.29) is 4.90 Å². The number of rotatable bonds is 13. The van der Waals surface area contributed by atoms with Crippen LogP contribution in [0.2, 0.25) is 0 Å². The highest BCUT2D eigenvalue weighted by molar-refractivity contribution is 7.89. The van der Waals surface area contributed by atoms with Gasteiger partial charge in [0, 0.05) is 23.2 Å². The van der Waals surface area contributed by atoms with Crippen LogP contribution >= 0.6 is 12.2 Å². The Kier molecular flexibility index (Phi) is 11.8. The van der Waals surface area contributed by atoms with Crippen molar-refractivity contribution in [3.8, 4) is 22.6 Å². The van der Waals surface area contributed by atoms with E-state index in [9.17, 15) is 13.2 Å². The highest BCUT2D eigenvalue weighted by Gasteiger charge is 2.15. The standard InChI is InChI=1S/C34H36N4O5S2/c1-42-28-18-16-26(17-19-28)33(44)38-32(35)27-11-8-10-24(23-27)9-4-2-3-7-22-37-34(39)43-29-20-14-25(15-21-29)30-12-5-6-13-31(30)45(36,40)41/h5-6,8,10-21,23H,2-4,7,9,22H2,1H3,(H,37,39)(H2,35,38,44)(H2,36,40,41). The number of unbranched alkanes of at least 4 members (excludes halogenated alkanes) is 3. The van der Waals surface area contributed by atoms with Crippen LogP contribution in [0, 0.1) is 0 Å². The van der Waals surface area contributed by atoms with Gasteiger partial charge in [0.15, 0.2) is 0 Å². The lowest BCUT2D eigenvalue weighted by Gasteiger charge is -2.10. The van der Waals surface area contributed by atoms with Crippen LogP contribution < -0.4 is 25.7 Å². The summed E-state index contributed by atoms with van der Waals surface area (Å²) in [6.07, 6.45) is 4.13. The first-order valence-electron chi connectivity index (χ1n) is 14.4. The van der Waals surface area contributed by atoms with Crippen molar-refractivity contribution in [2.24, 2.45) is 15.9 Å². The number of aryl methyl sites for hydroxylation is 1. The van der Waals surface area contributed by atoms with Crippen LogP contribution in [0.4, 0.5) is 4.79 Å². The summed E-state index contributed by atoms with van der Waals surface area (Å²) in [6.45, 7) is 0.495. The molecule has 0 aliphatic heterocycles. The van der Waals surface area contributed by atoms with Gasteiger partial charge in [0.25, 0.3) is 0 Å². The van der Waals surface area contributed by atoms with E-state index in [0.717, 1.165) is 49.0 Å². The van der Waals surface area contributed by atoms with Gasteiger partial charge in [-0.1, -0.05) is 73.6 Å². The molecule has 1 amide bonds. The Balaban J connectivity index is 1.16. The maximum atomic E-state index is 12.2. The number of methoxy groups -OCH3 is 1. The number of thiocarbonyl (C=S) groups is 1. The first-order valence-corrected chi connectivity index (χ1v) is 16.4. The summed E-state index contributed by atoms with van der Waals surface area (Å²) in [4.78, 5) is 17.1. The molecular formula is C34H36N4O5S2. The molecule has 5 N–H and O–H groups in total. The Labute approximate surface area is 269 Å². The minimum atomic E-state index is -3.87. The molecule has 4 aromatic rings. The predicted molar refractivity (Wildman–Crippen MR) is 181 cm³/mol. The minimum Gasteiger partial charge on any atom is -0.497 e. The van der Waals surface area contributed by atoms with Crippen molar-refractivity contribution < 1.29 is 22.7 Å². The molecular weight excluding hydrogens is 609 g/mol. The van der Waals surface area contributed by atoms with Gasteiger partial charge in [0.05, 0.1) is 12.0 Å².